The maximum absolute atomic E-state index is 13.4. The minimum Gasteiger partial charge on any atom is -0.493 e. The zero-order valence-corrected chi connectivity index (χ0v) is 34.0. The summed E-state index contributed by atoms with van der Waals surface area (Å²) in [6.07, 6.45) is -15.5. The molecule has 18 heteroatoms. The average molecular weight is 899 g/mol. The topological polar surface area (TPSA) is 111 Å². The van der Waals surface area contributed by atoms with Crippen LogP contribution in [0, 0.1) is 0 Å². The van der Waals surface area contributed by atoms with Gasteiger partial charge >= 0.3 is 24.7 Å². The third kappa shape index (κ3) is 17.3. The standard InChI is InChI=1S/2C22H25F6NO2/c2*1-20(29,14-30)11-10-16-6-9-19(18(13-16)22(26,27)28)31-12-2-3-15-4-7-17(8-5-15)21(23,24)25/h2*4-9,13,30H,2-3,10-12,14,29H2,1H3/t2*20-/m10/s1. The van der Waals surface area contributed by atoms with Crippen molar-refractivity contribution in [1.82, 2.24) is 0 Å². The summed E-state index contributed by atoms with van der Waals surface area (Å²) < 4.78 is 167. The molecule has 344 valence electrons. The van der Waals surface area contributed by atoms with E-state index >= 15 is 0 Å². The minimum atomic E-state index is -4.61. The third-order valence-electron chi connectivity index (χ3n) is 9.69. The normalized spacial score (nSPS) is 14.4. The van der Waals surface area contributed by atoms with Crippen molar-refractivity contribution in [2.75, 3.05) is 26.4 Å². The molecular weight excluding hydrogens is 848 g/mol. The number of ether oxygens (including phenoxy) is 2. The molecule has 0 amide bonds. The second-order valence-corrected chi connectivity index (χ2v) is 15.6. The molecule has 0 aliphatic rings. The molecular formula is C44H50F12N2O4. The molecule has 6 N–H and O–H groups in total. The number of aryl methyl sites for hydroxylation is 4. The molecule has 2 atom stereocenters. The zero-order valence-electron chi connectivity index (χ0n) is 34.0. The van der Waals surface area contributed by atoms with Crippen molar-refractivity contribution in [2.45, 2.75) is 101 Å². The summed E-state index contributed by atoms with van der Waals surface area (Å²) in [6, 6.07) is 16.8. The van der Waals surface area contributed by atoms with Gasteiger partial charge in [-0.15, -0.1) is 0 Å². The summed E-state index contributed by atoms with van der Waals surface area (Å²) in [4.78, 5) is 0. The molecule has 0 saturated heterocycles. The van der Waals surface area contributed by atoms with E-state index in [9.17, 15) is 62.9 Å². The van der Waals surface area contributed by atoms with Crippen LogP contribution in [-0.2, 0) is 50.4 Å². The van der Waals surface area contributed by atoms with Gasteiger partial charge in [-0.2, -0.15) is 52.7 Å². The van der Waals surface area contributed by atoms with Crippen molar-refractivity contribution < 1.29 is 72.4 Å². The molecule has 0 radical (unpaired) electrons. The van der Waals surface area contributed by atoms with E-state index in [1.165, 1.54) is 48.5 Å². The number of halogens is 12. The summed E-state index contributed by atoms with van der Waals surface area (Å²) in [5.74, 6) is -0.609. The van der Waals surface area contributed by atoms with Gasteiger partial charge in [0, 0.05) is 11.1 Å². The lowest BCUT2D eigenvalue weighted by Gasteiger charge is -2.22. The lowest BCUT2D eigenvalue weighted by Crippen LogP contribution is -2.40. The Hall–Kier alpha value is -4.52. The van der Waals surface area contributed by atoms with Gasteiger partial charge in [0.15, 0.2) is 0 Å². The Morgan fingerprint density at radius 3 is 1.02 bits per heavy atom. The Labute approximate surface area is 351 Å². The van der Waals surface area contributed by atoms with E-state index in [4.69, 9.17) is 20.9 Å². The highest BCUT2D eigenvalue weighted by Crippen LogP contribution is 2.39. The number of hydrogen-bond acceptors (Lipinski definition) is 6. The fraction of sp³-hybridized carbons (Fsp3) is 0.455. The minimum absolute atomic E-state index is 0.0190. The Balaban J connectivity index is 0.000000330. The average Bonchev–Trinajstić information content (AvgIpc) is 3.19. The maximum atomic E-state index is 13.4. The number of aliphatic hydroxyl groups excluding tert-OH is 2. The Kier molecular flexibility index (Phi) is 18.2. The van der Waals surface area contributed by atoms with E-state index in [0.717, 1.165) is 36.4 Å². The van der Waals surface area contributed by atoms with Crippen molar-refractivity contribution >= 4 is 0 Å². The molecule has 0 fully saturated rings. The number of hydrogen-bond donors (Lipinski definition) is 4. The number of rotatable bonds is 18. The quantitative estimate of drug-likeness (QED) is 0.0585. The Bertz CT molecular complexity index is 1830. The molecule has 0 unspecified atom stereocenters. The summed E-state index contributed by atoms with van der Waals surface area (Å²) >= 11 is 0. The van der Waals surface area contributed by atoms with Crippen LogP contribution in [0.2, 0.25) is 0 Å². The van der Waals surface area contributed by atoms with Crippen LogP contribution in [0.25, 0.3) is 0 Å². The van der Waals surface area contributed by atoms with Gasteiger partial charge in [0.2, 0.25) is 0 Å². The molecule has 0 heterocycles. The second-order valence-electron chi connectivity index (χ2n) is 15.6. The van der Waals surface area contributed by atoms with Gasteiger partial charge in [0.25, 0.3) is 0 Å². The van der Waals surface area contributed by atoms with E-state index in [1.54, 1.807) is 13.8 Å². The SMILES string of the molecule is C[C@@](N)(CO)CCc1ccc(OCCCc2ccc(C(F)(F)F)cc2)c(C(F)(F)F)c1.C[C@](N)(CO)CCc1ccc(OCCCc2ccc(C(F)(F)F)cc2)c(C(F)(F)F)c1. The zero-order chi connectivity index (χ0) is 46.6. The lowest BCUT2D eigenvalue weighted by molar-refractivity contribution is -0.139. The molecule has 0 spiro atoms. The monoisotopic (exact) mass is 898 g/mol. The molecule has 4 aromatic rings. The van der Waals surface area contributed by atoms with Crippen LogP contribution in [0.4, 0.5) is 52.7 Å². The van der Waals surface area contributed by atoms with Crippen molar-refractivity contribution in [1.29, 1.82) is 0 Å². The number of aliphatic hydroxyl groups is 2. The summed E-state index contributed by atoms with van der Waals surface area (Å²) in [5.41, 5.74) is 8.70. The van der Waals surface area contributed by atoms with E-state index in [2.05, 4.69) is 0 Å². The van der Waals surface area contributed by atoms with Gasteiger partial charge in [-0.25, -0.2) is 0 Å². The largest absolute Gasteiger partial charge is 0.493 e. The molecule has 6 nitrogen and oxygen atoms in total. The van der Waals surface area contributed by atoms with Crippen LogP contribution in [0.1, 0.15) is 84.0 Å². The molecule has 0 aliphatic carbocycles. The van der Waals surface area contributed by atoms with Crippen molar-refractivity contribution in [2.24, 2.45) is 11.5 Å². The first-order chi connectivity index (χ1) is 28.6. The van der Waals surface area contributed by atoms with E-state index in [-0.39, 0.29) is 50.8 Å². The van der Waals surface area contributed by atoms with Gasteiger partial charge < -0.3 is 31.2 Å². The highest BCUT2D eigenvalue weighted by Gasteiger charge is 2.36. The molecule has 0 saturated carbocycles. The Morgan fingerprint density at radius 2 is 0.742 bits per heavy atom. The lowest BCUT2D eigenvalue weighted by atomic mass is 9.94. The smallest absolute Gasteiger partial charge is 0.419 e. The fourth-order valence-electron chi connectivity index (χ4n) is 5.82. The van der Waals surface area contributed by atoms with Crippen molar-refractivity contribution in [3.8, 4) is 11.5 Å². The predicted molar refractivity (Wildman–Crippen MR) is 209 cm³/mol. The molecule has 4 rings (SSSR count). The van der Waals surface area contributed by atoms with Gasteiger partial charge in [0.05, 0.1) is 48.7 Å². The van der Waals surface area contributed by atoms with Gasteiger partial charge in [-0.1, -0.05) is 36.4 Å². The van der Waals surface area contributed by atoms with E-state index in [0.29, 0.717) is 60.8 Å². The molecule has 62 heavy (non-hydrogen) atoms. The van der Waals surface area contributed by atoms with Crippen LogP contribution in [0.15, 0.2) is 84.9 Å². The molecule has 0 bridgehead atoms. The van der Waals surface area contributed by atoms with Gasteiger partial charge in [-0.05, 0) is 136 Å². The molecule has 4 aromatic carbocycles. The van der Waals surface area contributed by atoms with Crippen molar-refractivity contribution in [3.63, 3.8) is 0 Å². The predicted octanol–water partition coefficient (Wildman–Crippen LogP) is 10.8. The number of nitrogens with two attached hydrogens (primary N) is 2. The molecule has 0 aromatic heterocycles. The first-order valence-corrected chi connectivity index (χ1v) is 19.4. The first-order valence-electron chi connectivity index (χ1n) is 19.4. The highest BCUT2D eigenvalue weighted by atomic mass is 19.4. The van der Waals surface area contributed by atoms with Gasteiger partial charge in [0.1, 0.15) is 11.5 Å². The number of benzene rings is 4. The van der Waals surface area contributed by atoms with Crippen LogP contribution < -0.4 is 20.9 Å². The van der Waals surface area contributed by atoms with E-state index in [1.807, 2.05) is 0 Å². The van der Waals surface area contributed by atoms with Crippen LogP contribution >= 0.6 is 0 Å². The first kappa shape index (κ1) is 51.8. The fourth-order valence-corrected chi connectivity index (χ4v) is 5.82. The summed E-state index contributed by atoms with van der Waals surface area (Å²) in [7, 11) is 0. The van der Waals surface area contributed by atoms with Crippen LogP contribution in [-0.4, -0.2) is 47.7 Å². The summed E-state index contributed by atoms with van der Waals surface area (Å²) in [5, 5.41) is 18.4. The maximum Gasteiger partial charge on any atom is 0.419 e. The molecule has 0 aliphatic heterocycles. The number of alkyl halides is 12. The van der Waals surface area contributed by atoms with Crippen molar-refractivity contribution in [3.05, 3.63) is 129 Å². The van der Waals surface area contributed by atoms with Crippen LogP contribution in [0.3, 0.4) is 0 Å². The second kappa shape index (κ2) is 21.7. The van der Waals surface area contributed by atoms with Gasteiger partial charge in [-0.3, -0.25) is 0 Å². The summed E-state index contributed by atoms with van der Waals surface area (Å²) in [6.45, 7) is 2.64. The van der Waals surface area contributed by atoms with Crippen LogP contribution in [0.5, 0.6) is 11.5 Å². The third-order valence-corrected chi connectivity index (χ3v) is 9.69. The highest BCUT2D eigenvalue weighted by molar-refractivity contribution is 5.40. The Morgan fingerprint density at radius 1 is 0.435 bits per heavy atom. The van der Waals surface area contributed by atoms with E-state index < -0.39 is 58.0 Å².